The van der Waals surface area contributed by atoms with Crippen molar-refractivity contribution < 1.29 is 19.4 Å². The van der Waals surface area contributed by atoms with Crippen molar-refractivity contribution >= 4 is 11.8 Å². The smallest absolute Gasteiger partial charge is 0.304 e. The molecule has 0 aromatic heterocycles. The Balaban J connectivity index is 2.53. The second-order valence-corrected chi connectivity index (χ2v) is 3.67. The molecule has 0 aliphatic rings. The number of carbonyl (C=O) groups excluding carboxylic acids is 1. The molecule has 0 heterocycles. The van der Waals surface area contributed by atoms with Crippen molar-refractivity contribution in [1.82, 2.24) is 5.32 Å². The van der Waals surface area contributed by atoms with E-state index in [1.54, 1.807) is 24.3 Å². The lowest BCUT2D eigenvalue weighted by Crippen LogP contribution is -2.25. The number of benzene rings is 1. The van der Waals surface area contributed by atoms with E-state index in [-0.39, 0.29) is 25.3 Å². The number of carboxylic acid groups (broad SMARTS) is 1. The average Bonchev–Trinajstić information content (AvgIpc) is 2.35. The monoisotopic (exact) mass is 251 g/mol. The van der Waals surface area contributed by atoms with Crippen LogP contribution in [0.3, 0.4) is 0 Å². The van der Waals surface area contributed by atoms with Crippen LogP contribution >= 0.6 is 0 Å². The Morgan fingerprint density at radius 1 is 1.33 bits per heavy atom. The molecule has 0 unspecified atom stereocenters. The molecule has 1 aromatic rings. The molecule has 5 nitrogen and oxygen atoms in total. The van der Waals surface area contributed by atoms with Gasteiger partial charge in [0.15, 0.2) is 5.78 Å². The van der Waals surface area contributed by atoms with Crippen LogP contribution in [0.4, 0.5) is 0 Å². The molecule has 2 N–H and O–H groups in total. The minimum atomic E-state index is -0.885. The molecule has 0 radical (unpaired) electrons. The zero-order valence-corrected chi connectivity index (χ0v) is 10.3. The first kappa shape index (κ1) is 14.2. The predicted octanol–water partition coefficient (Wildman–Crippen LogP) is 1.33. The van der Waals surface area contributed by atoms with Gasteiger partial charge in [-0.15, -0.1) is 0 Å². The number of Topliss-reactive ketones (excluding diaryl/α,β-unsaturated/α-hetero) is 1. The Labute approximate surface area is 106 Å². The molecule has 0 saturated heterocycles. The SMILES string of the molecule is CCOc1ccccc1C(=O)CNCCC(=O)O. The van der Waals surface area contributed by atoms with E-state index in [9.17, 15) is 9.59 Å². The van der Waals surface area contributed by atoms with E-state index >= 15 is 0 Å². The van der Waals surface area contributed by atoms with Crippen molar-refractivity contribution in [3.63, 3.8) is 0 Å². The third-order valence-corrected chi connectivity index (χ3v) is 2.29. The summed E-state index contributed by atoms with van der Waals surface area (Å²) in [5, 5.41) is 11.3. The van der Waals surface area contributed by atoms with Crippen LogP contribution in [0.25, 0.3) is 0 Å². The van der Waals surface area contributed by atoms with Gasteiger partial charge >= 0.3 is 5.97 Å². The average molecular weight is 251 g/mol. The number of hydrogen-bond acceptors (Lipinski definition) is 4. The molecule has 0 fully saturated rings. The van der Waals surface area contributed by atoms with Crippen LogP contribution in [0.5, 0.6) is 5.75 Å². The summed E-state index contributed by atoms with van der Waals surface area (Å²) in [5.74, 6) is -0.431. The van der Waals surface area contributed by atoms with E-state index < -0.39 is 5.97 Å². The summed E-state index contributed by atoms with van der Waals surface area (Å²) in [5.41, 5.74) is 0.516. The summed E-state index contributed by atoms with van der Waals surface area (Å²) in [6.07, 6.45) is 0.000384. The molecule has 0 saturated carbocycles. The van der Waals surface area contributed by atoms with Crippen LogP contribution in [-0.4, -0.2) is 36.6 Å². The molecule has 0 bridgehead atoms. The molecule has 1 rings (SSSR count). The molecular weight excluding hydrogens is 234 g/mol. The summed E-state index contributed by atoms with van der Waals surface area (Å²) in [7, 11) is 0. The Bertz CT molecular complexity index is 417. The zero-order valence-electron chi connectivity index (χ0n) is 10.3. The third-order valence-electron chi connectivity index (χ3n) is 2.29. The number of carboxylic acids is 1. The van der Waals surface area contributed by atoms with Crippen molar-refractivity contribution in [2.45, 2.75) is 13.3 Å². The van der Waals surface area contributed by atoms with Gasteiger partial charge in [-0.2, -0.15) is 0 Å². The van der Waals surface area contributed by atoms with E-state index in [1.165, 1.54) is 0 Å². The highest BCUT2D eigenvalue weighted by Crippen LogP contribution is 2.18. The molecule has 0 aliphatic carbocycles. The molecule has 1 aromatic carbocycles. The number of carbonyl (C=O) groups is 2. The van der Waals surface area contributed by atoms with Gasteiger partial charge in [0, 0.05) is 6.54 Å². The third kappa shape index (κ3) is 4.55. The highest BCUT2D eigenvalue weighted by Gasteiger charge is 2.11. The fraction of sp³-hybridized carbons (Fsp3) is 0.385. The maximum atomic E-state index is 11.9. The van der Waals surface area contributed by atoms with Crippen LogP contribution in [-0.2, 0) is 4.79 Å². The maximum absolute atomic E-state index is 11.9. The summed E-state index contributed by atoms with van der Waals surface area (Å²) >= 11 is 0. The van der Waals surface area contributed by atoms with Crippen LogP contribution in [0, 0.1) is 0 Å². The standard InChI is InChI=1S/C13H17NO4/c1-2-18-12-6-4-3-5-10(12)11(15)9-14-8-7-13(16)17/h3-6,14H,2,7-9H2,1H3,(H,16,17). The lowest BCUT2D eigenvalue weighted by Gasteiger charge is -2.09. The van der Waals surface area contributed by atoms with Gasteiger partial charge in [-0.1, -0.05) is 12.1 Å². The summed E-state index contributed by atoms with van der Waals surface area (Å²) < 4.78 is 5.36. The predicted molar refractivity (Wildman–Crippen MR) is 67.1 cm³/mol. The van der Waals surface area contributed by atoms with Gasteiger partial charge in [0.1, 0.15) is 5.75 Å². The first-order valence-electron chi connectivity index (χ1n) is 5.82. The van der Waals surface area contributed by atoms with E-state index in [0.717, 1.165) is 0 Å². The summed E-state index contributed by atoms with van der Waals surface area (Å²) in [6, 6.07) is 7.02. The largest absolute Gasteiger partial charge is 0.493 e. The fourth-order valence-electron chi connectivity index (χ4n) is 1.47. The van der Waals surface area contributed by atoms with Gasteiger partial charge in [0.2, 0.25) is 0 Å². The Morgan fingerprint density at radius 2 is 2.06 bits per heavy atom. The minimum absolute atomic E-state index is 0.000384. The molecule has 5 heteroatoms. The van der Waals surface area contributed by atoms with Gasteiger partial charge in [-0.05, 0) is 19.1 Å². The lowest BCUT2D eigenvalue weighted by atomic mass is 10.1. The second kappa shape index (κ2) is 7.45. The van der Waals surface area contributed by atoms with Crippen molar-refractivity contribution in [3.05, 3.63) is 29.8 Å². The van der Waals surface area contributed by atoms with Gasteiger partial charge in [-0.3, -0.25) is 9.59 Å². The number of rotatable bonds is 8. The number of para-hydroxylation sites is 1. The molecule has 18 heavy (non-hydrogen) atoms. The fourth-order valence-corrected chi connectivity index (χ4v) is 1.47. The second-order valence-electron chi connectivity index (χ2n) is 3.67. The molecule has 0 atom stereocenters. The van der Waals surface area contributed by atoms with Crippen LogP contribution in [0.15, 0.2) is 24.3 Å². The first-order valence-corrected chi connectivity index (χ1v) is 5.82. The molecule has 0 spiro atoms. The lowest BCUT2D eigenvalue weighted by molar-refractivity contribution is -0.136. The number of aliphatic carboxylic acids is 1. The number of ketones is 1. The first-order chi connectivity index (χ1) is 8.65. The van der Waals surface area contributed by atoms with Crippen molar-refractivity contribution in [2.24, 2.45) is 0 Å². The molecule has 98 valence electrons. The Hall–Kier alpha value is -1.88. The van der Waals surface area contributed by atoms with Gasteiger partial charge in [-0.25, -0.2) is 0 Å². The summed E-state index contributed by atoms with van der Waals surface area (Å²) in [6.45, 7) is 2.73. The number of hydrogen-bond donors (Lipinski definition) is 2. The van der Waals surface area contributed by atoms with Crippen molar-refractivity contribution in [2.75, 3.05) is 19.7 Å². The minimum Gasteiger partial charge on any atom is -0.493 e. The van der Waals surface area contributed by atoms with Crippen LogP contribution in [0.2, 0.25) is 0 Å². The maximum Gasteiger partial charge on any atom is 0.304 e. The molecule has 0 amide bonds. The van der Waals surface area contributed by atoms with Gasteiger partial charge < -0.3 is 15.2 Å². The van der Waals surface area contributed by atoms with Crippen molar-refractivity contribution in [3.8, 4) is 5.75 Å². The van der Waals surface area contributed by atoms with Gasteiger partial charge in [0.05, 0.1) is 25.1 Å². The topological polar surface area (TPSA) is 75.6 Å². The highest BCUT2D eigenvalue weighted by molar-refractivity contribution is 6.00. The van der Waals surface area contributed by atoms with E-state index in [2.05, 4.69) is 5.32 Å². The zero-order chi connectivity index (χ0) is 13.4. The van der Waals surface area contributed by atoms with Crippen LogP contribution < -0.4 is 10.1 Å². The molecular formula is C13H17NO4. The quantitative estimate of drug-likeness (QED) is 0.538. The highest BCUT2D eigenvalue weighted by atomic mass is 16.5. The van der Waals surface area contributed by atoms with Crippen LogP contribution in [0.1, 0.15) is 23.7 Å². The number of nitrogens with one attached hydrogen (secondary N) is 1. The normalized spacial score (nSPS) is 10.1. The van der Waals surface area contributed by atoms with E-state index in [0.29, 0.717) is 17.9 Å². The summed E-state index contributed by atoms with van der Waals surface area (Å²) in [4.78, 5) is 22.2. The Kier molecular flexibility index (Phi) is 5.87. The van der Waals surface area contributed by atoms with E-state index in [1.807, 2.05) is 6.92 Å². The molecule has 0 aliphatic heterocycles. The van der Waals surface area contributed by atoms with Gasteiger partial charge in [0.25, 0.3) is 0 Å². The van der Waals surface area contributed by atoms with E-state index in [4.69, 9.17) is 9.84 Å². The Morgan fingerprint density at radius 3 is 2.72 bits per heavy atom. The van der Waals surface area contributed by atoms with Crippen molar-refractivity contribution in [1.29, 1.82) is 0 Å². The number of ether oxygens (including phenoxy) is 1.